The van der Waals surface area contributed by atoms with Gasteiger partial charge in [-0.1, -0.05) is 29.3 Å². The van der Waals surface area contributed by atoms with Crippen molar-refractivity contribution in [3.05, 3.63) is 40.1 Å². The Labute approximate surface area is 102 Å². The molecule has 0 radical (unpaired) electrons. The van der Waals surface area contributed by atoms with Crippen LogP contribution in [0.5, 0.6) is 0 Å². The minimum atomic E-state index is -0.409. The Morgan fingerprint density at radius 2 is 2.06 bits per heavy atom. The first-order chi connectivity index (χ1) is 7.61. The zero-order valence-electron chi connectivity index (χ0n) is 8.33. The van der Waals surface area contributed by atoms with E-state index in [1.54, 1.807) is 24.3 Å². The molecule has 1 aromatic carbocycles. The van der Waals surface area contributed by atoms with Gasteiger partial charge in [-0.05, 0) is 23.6 Å². The molecule has 0 spiro atoms. The Morgan fingerprint density at radius 3 is 2.75 bits per heavy atom. The summed E-state index contributed by atoms with van der Waals surface area (Å²) in [5.74, 6) is -0.409. The molecule has 3 nitrogen and oxygen atoms in total. The molecule has 0 unspecified atom stereocenters. The molecule has 2 rings (SSSR count). The van der Waals surface area contributed by atoms with E-state index < -0.39 is 5.97 Å². The molecule has 0 aliphatic rings. The number of benzene rings is 1. The summed E-state index contributed by atoms with van der Waals surface area (Å²) >= 11 is 11.7. The molecule has 0 aliphatic carbocycles. The van der Waals surface area contributed by atoms with Gasteiger partial charge in [-0.25, -0.2) is 9.78 Å². The van der Waals surface area contributed by atoms with Gasteiger partial charge in [0.25, 0.3) is 0 Å². The van der Waals surface area contributed by atoms with Crippen molar-refractivity contribution in [3.63, 3.8) is 0 Å². The Morgan fingerprint density at radius 1 is 1.31 bits per heavy atom. The SMILES string of the molecule is COC(=O)c1ccc2cc(Cl)nc(Cl)c2c1. The summed E-state index contributed by atoms with van der Waals surface area (Å²) in [6.07, 6.45) is 0. The molecule has 0 aliphatic heterocycles. The van der Waals surface area contributed by atoms with Crippen LogP contribution in [0.15, 0.2) is 24.3 Å². The van der Waals surface area contributed by atoms with Crippen molar-refractivity contribution in [2.45, 2.75) is 0 Å². The minimum Gasteiger partial charge on any atom is -0.465 e. The number of carbonyl (C=O) groups is 1. The first-order valence-electron chi connectivity index (χ1n) is 4.46. The number of ether oxygens (including phenoxy) is 1. The third-order valence-corrected chi connectivity index (χ3v) is 2.66. The summed E-state index contributed by atoms with van der Waals surface area (Å²) in [5, 5.41) is 2.10. The lowest BCUT2D eigenvalue weighted by atomic mass is 10.1. The molecule has 0 fully saturated rings. The van der Waals surface area contributed by atoms with Crippen LogP contribution >= 0.6 is 23.2 Å². The minimum absolute atomic E-state index is 0.272. The lowest BCUT2D eigenvalue weighted by Crippen LogP contribution is -2.00. The first-order valence-corrected chi connectivity index (χ1v) is 5.21. The monoisotopic (exact) mass is 255 g/mol. The van der Waals surface area contributed by atoms with Crippen LogP contribution < -0.4 is 0 Å². The molecule has 0 atom stereocenters. The van der Waals surface area contributed by atoms with E-state index in [1.165, 1.54) is 7.11 Å². The average molecular weight is 256 g/mol. The number of fused-ring (bicyclic) bond motifs is 1. The Balaban J connectivity index is 2.66. The van der Waals surface area contributed by atoms with Crippen LogP contribution in [-0.4, -0.2) is 18.1 Å². The number of aromatic nitrogens is 1. The fourth-order valence-corrected chi connectivity index (χ4v) is 1.92. The maximum atomic E-state index is 11.3. The molecule has 1 aromatic heterocycles. The second kappa shape index (κ2) is 4.28. The van der Waals surface area contributed by atoms with Gasteiger partial charge in [0.05, 0.1) is 12.7 Å². The van der Waals surface area contributed by atoms with Crippen molar-refractivity contribution in [2.24, 2.45) is 0 Å². The number of nitrogens with zero attached hydrogens (tertiary/aromatic N) is 1. The topological polar surface area (TPSA) is 39.2 Å². The molecule has 2 aromatic rings. The van der Waals surface area contributed by atoms with Gasteiger partial charge in [0.15, 0.2) is 0 Å². The maximum Gasteiger partial charge on any atom is 0.337 e. The van der Waals surface area contributed by atoms with Gasteiger partial charge in [0, 0.05) is 5.39 Å². The smallest absolute Gasteiger partial charge is 0.337 e. The summed E-state index contributed by atoms with van der Waals surface area (Å²) < 4.78 is 4.62. The quantitative estimate of drug-likeness (QED) is 0.580. The first kappa shape index (κ1) is 11.2. The Bertz CT molecular complexity index is 569. The second-order valence-corrected chi connectivity index (χ2v) is 3.91. The molecule has 0 saturated carbocycles. The van der Waals surface area contributed by atoms with Crippen molar-refractivity contribution in [1.82, 2.24) is 4.98 Å². The Kier molecular flexibility index (Phi) is 2.99. The molecule has 16 heavy (non-hydrogen) atoms. The van der Waals surface area contributed by atoms with Crippen LogP contribution in [0, 0.1) is 0 Å². The number of carbonyl (C=O) groups excluding carboxylic acids is 1. The van der Waals surface area contributed by atoms with Crippen LogP contribution in [0.4, 0.5) is 0 Å². The van der Waals surface area contributed by atoms with Crippen LogP contribution in [0.2, 0.25) is 10.3 Å². The number of rotatable bonds is 1. The predicted octanol–water partition coefficient (Wildman–Crippen LogP) is 3.33. The maximum absolute atomic E-state index is 11.3. The number of methoxy groups -OCH3 is 1. The lowest BCUT2D eigenvalue weighted by Gasteiger charge is -2.03. The zero-order valence-corrected chi connectivity index (χ0v) is 9.84. The van der Waals surface area contributed by atoms with E-state index in [9.17, 15) is 4.79 Å². The third kappa shape index (κ3) is 1.96. The van der Waals surface area contributed by atoms with Crippen LogP contribution in [0.25, 0.3) is 10.8 Å². The van der Waals surface area contributed by atoms with Gasteiger partial charge in [-0.3, -0.25) is 0 Å². The number of hydrogen-bond acceptors (Lipinski definition) is 3. The fraction of sp³-hybridized carbons (Fsp3) is 0.0909. The highest BCUT2D eigenvalue weighted by Gasteiger charge is 2.09. The highest BCUT2D eigenvalue weighted by atomic mass is 35.5. The molecular weight excluding hydrogens is 249 g/mol. The molecule has 0 amide bonds. The van der Waals surface area contributed by atoms with Gasteiger partial charge < -0.3 is 4.74 Å². The van der Waals surface area contributed by atoms with Gasteiger partial charge in [0.1, 0.15) is 10.3 Å². The standard InChI is InChI=1S/C11H7Cl2NO2/c1-16-11(15)7-3-2-6-5-9(12)14-10(13)8(6)4-7/h2-5H,1H3. The Hall–Kier alpha value is -1.32. The molecular formula is C11H7Cl2NO2. The van der Waals surface area contributed by atoms with Crippen LogP contribution in [0.3, 0.4) is 0 Å². The number of halogens is 2. The summed E-state index contributed by atoms with van der Waals surface area (Å²) in [7, 11) is 1.33. The van der Waals surface area contributed by atoms with Crippen molar-refractivity contribution >= 4 is 39.9 Å². The van der Waals surface area contributed by atoms with Crippen LogP contribution in [-0.2, 0) is 4.74 Å². The summed E-state index contributed by atoms with van der Waals surface area (Å²) in [5.41, 5.74) is 0.432. The number of esters is 1. The summed E-state index contributed by atoms with van der Waals surface area (Å²) in [6.45, 7) is 0. The third-order valence-electron chi connectivity index (χ3n) is 2.18. The van der Waals surface area contributed by atoms with E-state index in [2.05, 4.69) is 9.72 Å². The highest BCUT2D eigenvalue weighted by molar-refractivity contribution is 6.36. The molecule has 82 valence electrons. The molecule has 0 N–H and O–H groups in total. The highest BCUT2D eigenvalue weighted by Crippen LogP contribution is 2.25. The van der Waals surface area contributed by atoms with Crippen molar-refractivity contribution in [1.29, 1.82) is 0 Å². The van der Waals surface area contributed by atoms with Gasteiger partial charge in [-0.2, -0.15) is 0 Å². The fourth-order valence-electron chi connectivity index (χ4n) is 1.42. The van der Waals surface area contributed by atoms with Crippen molar-refractivity contribution in [3.8, 4) is 0 Å². The van der Waals surface area contributed by atoms with Crippen molar-refractivity contribution in [2.75, 3.05) is 7.11 Å². The average Bonchev–Trinajstić information content (AvgIpc) is 2.27. The van der Waals surface area contributed by atoms with Crippen molar-refractivity contribution < 1.29 is 9.53 Å². The number of pyridine rings is 1. The van der Waals surface area contributed by atoms with E-state index >= 15 is 0 Å². The van der Waals surface area contributed by atoms with E-state index in [-0.39, 0.29) is 5.15 Å². The van der Waals surface area contributed by atoms with Crippen LogP contribution in [0.1, 0.15) is 10.4 Å². The van der Waals surface area contributed by atoms with Gasteiger partial charge in [-0.15, -0.1) is 0 Å². The van der Waals surface area contributed by atoms with E-state index in [1.807, 2.05) is 0 Å². The van der Waals surface area contributed by atoms with E-state index in [4.69, 9.17) is 23.2 Å². The lowest BCUT2D eigenvalue weighted by molar-refractivity contribution is 0.0601. The molecule has 5 heteroatoms. The molecule has 1 heterocycles. The van der Waals surface area contributed by atoms with Gasteiger partial charge in [0.2, 0.25) is 0 Å². The molecule has 0 bridgehead atoms. The number of hydrogen-bond donors (Lipinski definition) is 0. The largest absolute Gasteiger partial charge is 0.465 e. The van der Waals surface area contributed by atoms with E-state index in [0.29, 0.717) is 16.1 Å². The predicted molar refractivity (Wildman–Crippen MR) is 63.1 cm³/mol. The molecule has 0 saturated heterocycles. The normalized spacial score (nSPS) is 10.4. The van der Waals surface area contributed by atoms with Gasteiger partial charge >= 0.3 is 5.97 Å². The van der Waals surface area contributed by atoms with E-state index in [0.717, 1.165) is 5.39 Å². The summed E-state index contributed by atoms with van der Waals surface area (Å²) in [6, 6.07) is 6.72. The summed E-state index contributed by atoms with van der Waals surface area (Å²) in [4.78, 5) is 15.2. The zero-order chi connectivity index (χ0) is 11.7. The second-order valence-electron chi connectivity index (χ2n) is 3.16.